The number of ether oxygens (including phenoxy) is 2. The Morgan fingerprint density at radius 2 is 1.52 bits per heavy atom. The summed E-state index contributed by atoms with van der Waals surface area (Å²) >= 11 is 0. The number of hydrogen-bond donors (Lipinski definition) is 0. The number of benzene rings is 2. The van der Waals surface area contributed by atoms with Crippen molar-refractivity contribution in [3.63, 3.8) is 0 Å². The summed E-state index contributed by atoms with van der Waals surface area (Å²) in [6.07, 6.45) is 0. The summed E-state index contributed by atoms with van der Waals surface area (Å²) in [5.74, 6) is -0.946. The van der Waals surface area contributed by atoms with Crippen LogP contribution in [0.2, 0.25) is 0 Å². The van der Waals surface area contributed by atoms with Crippen LogP contribution < -0.4 is 9.64 Å². The van der Waals surface area contributed by atoms with Crippen LogP contribution in [0.1, 0.15) is 20.7 Å². The van der Waals surface area contributed by atoms with Gasteiger partial charge in [0.15, 0.2) is 0 Å². The van der Waals surface area contributed by atoms with Gasteiger partial charge in [-0.25, -0.2) is 9.69 Å². The standard InChI is InChI=1S/C17H13NO5/c1-22-10-15(19)23-12-8-6-11(7-9-12)18-16(20)13-4-2-3-5-14(13)17(18)21/h2-9H,10H2,1H3. The van der Waals surface area contributed by atoms with Crippen molar-refractivity contribution in [2.24, 2.45) is 0 Å². The largest absolute Gasteiger partial charge is 0.425 e. The van der Waals surface area contributed by atoms with E-state index in [-0.39, 0.29) is 18.4 Å². The summed E-state index contributed by atoms with van der Waals surface area (Å²) in [5.41, 5.74) is 1.18. The van der Waals surface area contributed by atoms with Crippen LogP contribution in [0.25, 0.3) is 0 Å². The molecule has 3 rings (SSSR count). The molecule has 1 aliphatic heterocycles. The Hall–Kier alpha value is -2.99. The van der Waals surface area contributed by atoms with Crippen molar-refractivity contribution >= 4 is 23.5 Å². The van der Waals surface area contributed by atoms with Gasteiger partial charge in [-0.15, -0.1) is 0 Å². The van der Waals surface area contributed by atoms with Gasteiger partial charge in [-0.2, -0.15) is 0 Å². The first kappa shape index (κ1) is 14.9. The SMILES string of the molecule is COCC(=O)Oc1ccc(N2C(=O)c3ccccc3C2=O)cc1. The van der Waals surface area contributed by atoms with Crippen LogP contribution in [-0.2, 0) is 9.53 Å². The van der Waals surface area contributed by atoms with Crippen LogP contribution in [0.15, 0.2) is 48.5 Å². The summed E-state index contributed by atoms with van der Waals surface area (Å²) in [4.78, 5) is 37.2. The Labute approximate surface area is 132 Å². The van der Waals surface area contributed by atoms with Gasteiger partial charge in [0.1, 0.15) is 12.4 Å². The van der Waals surface area contributed by atoms with Crippen LogP contribution in [0, 0.1) is 0 Å². The maximum absolute atomic E-state index is 12.4. The van der Waals surface area contributed by atoms with Crippen molar-refractivity contribution in [3.05, 3.63) is 59.7 Å². The quantitative estimate of drug-likeness (QED) is 0.491. The molecule has 0 saturated heterocycles. The molecule has 2 aromatic rings. The van der Waals surface area contributed by atoms with E-state index in [9.17, 15) is 14.4 Å². The van der Waals surface area contributed by atoms with Gasteiger partial charge < -0.3 is 9.47 Å². The fourth-order valence-corrected chi connectivity index (χ4v) is 2.37. The van der Waals surface area contributed by atoms with E-state index in [1.807, 2.05) is 0 Å². The normalized spacial score (nSPS) is 13.2. The maximum Gasteiger partial charge on any atom is 0.337 e. The maximum atomic E-state index is 12.4. The van der Waals surface area contributed by atoms with Crippen LogP contribution in [0.4, 0.5) is 5.69 Å². The number of fused-ring (bicyclic) bond motifs is 1. The summed E-state index contributed by atoms with van der Waals surface area (Å²) in [5, 5.41) is 0. The molecular weight excluding hydrogens is 298 g/mol. The zero-order chi connectivity index (χ0) is 16.4. The number of imide groups is 1. The lowest BCUT2D eigenvalue weighted by Gasteiger charge is -2.14. The third-order valence-corrected chi connectivity index (χ3v) is 3.38. The zero-order valence-electron chi connectivity index (χ0n) is 12.3. The molecule has 6 heteroatoms. The molecule has 0 aromatic heterocycles. The van der Waals surface area contributed by atoms with Gasteiger partial charge in [-0.1, -0.05) is 12.1 Å². The zero-order valence-corrected chi connectivity index (χ0v) is 12.3. The van der Waals surface area contributed by atoms with Crippen molar-refractivity contribution in [1.29, 1.82) is 0 Å². The molecule has 0 atom stereocenters. The lowest BCUT2D eigenvalue weighted by Crippen LogP contribution is -2.29. The third-order valence-electron chi connectivity index (χ3n) is 3.38. The molecule has 1 aliphatic rings. The second-order valence-electron chi connectivity index (χ2n) is 4.89. The number of amides is 2. The van der Waals surface area contributed by atoms with Crippen LogP contribution in [0.5, 0.6) is 5.75 Å². The fourth-order valence-electron chi connectivity index (χ4n) is 2.37. The van der Waals surface area contributed by atoms with Gasteiger partial charge in [-0.3, -0.25) is 9.59 Å². The first-order valence-corrected chi connectivity index (χ1v) is 6.89. The number of anilines is 1. The summed E-state index contributed by atoms with van der Waals surface area (Å²) in [6, 6.07) is 12.8. The molecule has 0 saturated carbocycles. The van der Waals surface area contributed by atoms with Crippen molar-refractivity contribution in [2.45, 2.75) is 0 Å². The van der Waals surface area contributed by atoms with Gasteiger partial charge >= 0.3 is 5.97 Å². The Morgan fingerprint density at radius 3 is 2.04 bits per heavy atom. The number of nitrogens with zero attached hydrogens (tertiary/aromatic N) is 1. The second kappa shape index (κ2) is 6.02. The van der Waals surface area contributed by atoms with E-state index in [1.54, 1.807) is 36.4 Å². The van der Waals surface area contributed by atoms with E-state index in [4.69, 9.17) is 4.74 Å². The average molecular weight is 311 g/mol. The molecule has 0 radical (unpaired) electrons. The number of esters is 1. The van der Waals surface area contributed by atoms with E-state index in [2.05, 4.69) is 4.74 Å². The predicted octanol–water partition coefficient (Wildman–Crippen LogP) is 2.04. The monoisotopic (exact) mass is 311 g/mol. The topological polar surface area (TPSA) is 72.9 Å². The van der Waals surface area contributed by atoms with E-state index in [1.165, 1.54) is 19.2 Å². The Kier molecular flexibility index (Phi) is 3.91. The second-order valence-corrected chi connectivity index (χ2v) is 4.89. The number of methoxy groups -OCH3 is 1. The average Bonchev–Trinajstić information content (AvgIpc) is 2.81. The number of carbonyl (C=O) groups excluding carboxylic acids is 3. The highest BCUT2D eigenvalue weighted by Crippen LogP contribution is 2.29. The first-order valence-electron chi connectivity index (χ1n) is 6.89. The molecule has 2 aromatic carbocycles. The number of rotatable bonds is 4. The molecule has 0 aliphatic carbocycles. The number of carbonyl (C=O) groups is 3. The molecule has 0 unspecified atom stereocenters. The fraction of sp³-hybridized carbons (Fsp3) is 0.118. The Morgan fingerprint density at radius 1 is 0.957 bits per heavy atom. The molecule has 0 bridgehead atoms. The lowest BCUT2D eigenvalue weighted by atomic mass is 10.1. The van der Waals surface area contributed by atoms with Gasteiger partial charge in [0.25, 0.3) is 11.8 Å². The van der Waals surface area contributed by atoms with E-state index in [0.717, 1.165) is 4.90 Å². The third kappa shape index (κ3) is 2.72. The number of hydrogen-bond acceptors (Lipinski definition) is 5. The lowest BCUT2D eigenvalue weighted by molar-refractivity contribution is -0.138. The molecule has 6 nitrogen and oxygen atoms in total. The van der Waals surface area contributed by atoms with Crippen LogP contribution >= 0.6 is 0 Å². The minimum Gasteiger partial charge on any atom is -0.425 e. The molecule has 1 heterocycles. The smallest absolute Gasteiger partial charge is 0.337 e. The molecule has 0 N–H and O–H groups in total. The minimum atomic E-state index is -0.527. The summed E-state index contributed by atoms with van der Waals surface area (Å²) in [7, 11) is 1.40. The van der Waals surface area contributed by atoms with E-state index < -0.39 is 5.97 Å². The summed E-state index contributed by atoms with van der Waals surface area (Å²) < 4.78 is 9.71. The van der Waals surface area contributed by atoms with E-state index >= 15 is 0 Å². The highest BCUT2D eigenvalue weighted by atomic mass is 16.6. The molecule has 2 amide bonds. The molecule has 0 spiro atoms. The van der Waals surface area contributed by atoms with Gasteiger partial charge in [-0.05, 0) is 36.4 Å². The predicted molar refractivity (Wildman–Crippen MR) is 81.5 cm³/mol. The van der Waals surface area contributed by atoms with Gasteiger partial charge in [0.2, 0.25) is 0 Å². The Bertz CT molecular complexity index is 747. The molecule has 23 heavy (non-hydrogen) atoms. The highest BCUT2D eigenvalue weighted by Gasteiger charge is 2.36. The van der Waals surface area contributed by atoms with Crippen LogP contribution in [-0.4, -0.2) is 31.5 Å². The Balaban J connectivity index is 1.82. The first-order chi connectivity index (χ1) is 11.1. The summed E-state index contributed by atoms with van der Waals surface area (Å²) in [6.45, 7) is -0.153. The van der Waals surface area contributed by atoms with E-state index in [0.29, 0.717) is 22.6 Å². The van der Waals surface area contributed by atoms with Crippen LogP contribution in [0.3, 0.4) is 0 Å². The van der Waals surface area contributed by atoms with Crippen molar-refractivity contribution in [2.75, 3.05) is 18.6 Å². The molecule has 116 valence electrons. The van der Waals surface area contributed by atoms with Crippen molar-refractivity contribution in [3.8, 4) is 5.75 Å². The minimum absolute atomic E-state index is 0.153. The van der Waals surface area contributed by atoms with Crippen molar-refractivity contribution < 1.29 is 23.9 Å². The molecule has 0 fully saturated rings. The van der Waals surface area contributed by atoms with Gasteiger partial charge in [0.05, 0.1) is 16.8 Å². The van der Waals surface area contributed by atoms with Gasteiger partial charge in [0, 0.05) is 7.11 Å². The molecular formula is C17H13NO5. The highest BCUT2D eigenvalue weighted by molar-refractivity contribution is 6.34. The van der Waals surface area contributed by atoms with Crippen molar-refractivity contribution in [1.82, 2.24) is 0 Å².